The Hall–Kier alpha value is -1.71. The summed E-state index contributed by atoms with van der Waals surface area (Å²) >= 11 is 5.80. The third kappa shape index (κ3) is 2.48. The number of nitrogens with zero attached hydrogens (tertiary/aromatic N) is 4. The van der Waals surface area contributed by atoms with Crippen LogP contribution >= 0.6 is 11.6 Å². The van der Waals surface area contributed by atoms with Crippen LogP contribution in [0.3, 0.4) is 0 Å². The summed E-state index contributed by atoms with van der Waals surface area (Å²) in [6.07, 6.45) is -3.54. The minimum atomic E-state index is -4.74. The first-order valence-electron chi connectivity index (χ1n) is 6.65. The molecule has 0 unspecified atom stereocenters. The molecule has 10 heteroatoms. The van der Waals surface area contributed by atoms with Crippen LogP contribution < -0.4 is 0 Å². The fraction of sp³-hybridized carbons (Fsp3) is 0.462. The van der Waals surface area contributed by atoms with Gasteiger partial charge in [-0.05, 0) is 13.8 Å². The summed E-state index contributed by atoms with van der Waals surface area (Å²) in [6, 6.07) is 1.40. The molecular formula is C13H12ClF3N4O2. The third-order valence-corrected chi connectivity index (χ3v) is 3.73. The molecule has 0 aromatic carbocycles. The number of aromatic nitrogens is 4. The maximum Gasteiger partial charge on any atom is 0.448 e. The first kappa shape index (κ1) is 16.2. The van der Waals surface area contributed by atoms with Crippen LogP contribution in [-0.4, -0.2) is 39.1 Å². The quantitative estimate of drug-likeness (QED) is 0.781. The van der Waals surface area contributed by atoms with Crippen molar-refractivity contribution in [1.82, 2.24) is 19.7 Å². The van der Waals surface area contributed by atoms with E-state index in [4.69, 9.17) is 21.1 Å². The highest BCUT2D eigenvalue weighted by Gasteiger charge is 2.63. The molecule has 0 saturated carbocycles. The molecule has 0 N–H and O–H groups in total. The van der Waals surface area contributed by atoms with Crippen LogP contribution in [0.4, 0.5) is 13.2 Å². The molecule has 0 atom stereocenters. The Morgan fingerprint density at radius 2 is 1.87 bits per heavy atom. The van der Waals surface area contributed by atoms with Gasteiger partial charge in [-0.1, -0.05) is 11.6 Å². The molecule has 0 bridgehead atoms. The fourth-order valence-electron chi connectivity index (χ4n) is 2.64. The van der Waals surface area contributed by atoms with Gasteiger partial charge in [0.05, 0.1) is 30.2 Å². The molecule has 3 heterocycles. The number of hydrogen-bond donors (Lipinski definition) is 0. The molecule has 2 aromatic rings. The van der Waals surface area contributed by atoms with Gasteiger partial charge in [0.25, 0.3) is 5.79 Å². The van der Waals surface area contributed by atoms with E-state index in [0.29, 0.717) is 0 Å². The molecule has 23 heavy (non-hydrogen) atoms. The monoisotopic (exact) mass is 348 g/mol. The summed E-state index contributed by atoms with van der Waals surface area (Å²) in [5.41, 5.74) is 0.171. The molecule has 124 valence electrons. The standard InChI is InChI=1S/C13H12ClF3N4O2/c1-7-11(12(13(15,16)17)22-3-4-23-12)8(2)21(20-7)10-5-9(14)18-6-19-10/h5-6H,3-4H2,1-2H3. The van der Waals surface area contributed by atoms with E-state index in [-0.39, 0.29) is 41.1 Å². The summed E-state index contributed by atoms with van der Waals surface area (Å²) < 4.78 is 52.0. The Bertz CT molecular complexity index is 741. The van der Waals surface area contributed by atoms with Crippen molar-refractivity contribution in [3.8, 4) is 5.82 Å². The highest BCUT2D eigenvalue weighted by molar-refractivity contribution is 6.29. The Balaban J connectivity index is 2.18. The Labute approximate surface area is 134 Å². The molecule has 1 aliphatic heterocycles. The maximum atomic E-state index is 13.6. The Morgan fingerprint density at radius 3 is 2.43 bits per heavy atom. The van der Waals surface area contributed by atoms with Crippen molar-refractivity contribution in [3.63, 3.8) is 0 Å². The zero-order valence-electron chi connectivity index (χ0n) is 12.2. The van der Waals surface area contributed by atoms with E-state index in [1.165, 1.54) is 30.9 Å². The number of ether oxygens (including phenoxy) is 2. The first-order chi connectivity index (χ1) is 10.8. The van der Waals surface area contributed by atoms with Gasteiger partial charge in [0.1, 0.15) is 11.5 Å². The number of hydrogen-bond acceptors (Lipinski definition) is 5. The zero-order chi connectivity index (χ0) is 16.8. The van der Waals surface area contributed by atoms with E-state index in [9.17, 15) is 13.2 Å². The lowest BCUT2D eigenvalue weighted by Gasteiger charge is -2.30. The molecule has 3 rings (SSSR count). The lowest BCUT2D eigenvalue weighted by atomic mass is 10.0. The van der Waals surface area contributed by atoms with Crippen LogP contribution in [0.15, 0.2) is 12.4 Å². The first-order valence-corrected chi connectivity index (χ1v) is 7.03. The van der Waals surface area contributed by atoms with Crippen molar-refractivity contribution in [3.05, 3.63) is 34.5 Å². The topological polar surface area (TPSA) is 62.1 Å². The van der Waals surface area contributed by atoms with Crippen molar-refractivity contribution in [2.24, 2.45) is 0 Å². The second-order valence-corrected chi connectivity index (χ2v) is 5.36. The van der Waals surface area contributed by atoms with Crippen LogP contribution in [0.1, 0.15) is 17.0 Å². The summed E-state index contributed by atoms with van der Waals surface area (Å²) in [7, 11) is 0. The highest BCUT2D eigenvalue weighted by atomic mass is 35.5. The Kier molecular flexibility index (Phi) is 3.81. The van der Waals surface area contributed by atoms with Gasteiger partial charge < -0.3 is 9.47 Å². The predicted octanol–water partition coefficient (Wildman–Crippen LogP) is 2.69. The van der Waals surface area contributed by atoms with Gasteiger partial charge in [-0.2, -0.15) is 18.3 Å². The van der Waals surface area contributed by atoms with Crippen LogP contribution in [0, 0.1) is 13.8 Å². The number of alkyl halides is 3. The van der Waals surface area contributed by atoms with E-state index < -0.39 is 12.0 Å². The van der Waals surface area contributed by atoms with Crippen molar-refractivity contribution in [2.75, 3.05) is 13.2 Å². The smallest absolute Gasteiger partial charge is 0.336 e. The largest absolute Gasteiger partial charge is 0.448 e. The summed E-state index contributed by atoms with van der Waals surface area (Å²) in [5, 5.41) is 4.29. The molecule has 2 aromatic heterocycles. The highest BCUT2D eigenvalue weighted by Crippen LogP contribution is 2.48. The van der Waals surface area contributed by atoms with Gasteiger partial charge in [0, 0.05) is 6.07 Å². The van der Waals surface area contributed by atoms with E-state index in [0.717, 1.165) is 0 Å². The molecule has 1 fully saturated rings. The van der Waals surface area contributed by atoms with Gasteiger partial charge in [-0.15, -0.1) is 0 Å². The SMILES string of the molecule is Cc1nn(-c2cc(Cl)ncn2)c(C)c1C1(C(F)(F)F)OCCO1. The predicted molar refractivity (Wildman–Crippen MR) is 73.3 cm³/mol. The lowest BCUT2D eigenvalue weighted by molar-refractivity contribution is -0.353. The van der Waals surface area contributed by atoms with E-state index >= 15 is 0 Å². The van der Waals surface area contributed by atoms with E-state index in [2.05, 4.69) is 15.1 Å². The average molecular weight is 349 g/mol. The van der Waals surface area contributed by atoms with E-state index in [1.807, 2.05) is 0 Å². The van der Waals surface area contributed by atoms with Crippen LogP contribution in [0.25, 0.3) is 5.82 Å². The minimum absolute atomic E-state index is 0.136. The second kappa shape index (κ2) is 5.43. The number of aryl methyl sites for hydroxylation is 1. The maximum absolute atomic E-state index is 13.6. The van der Waals surface area contributed by atoms with Gasteiger partial charge in [-0.25, -0.2) is 14.6 Å². The molecule has 6 nitrogen and oxygen atoms in total. The van der Waals surface area contributed by atoms with Gasteiger partial charge in [-0.3, -0.25) is 0 Å². The summed E-state index contributed by atoms with van der Waals surface area (Å²) in [6.45, 7) is 2.65. The number of halogens is 4. The second-order valence-electron chi connectivity index (χ2n) is 4.97. The lowest BCUT2D eigenvalue weighted by Crippen LogP contribution is -2.44. The van der Waals surface area contributed by atoms with Gasteiger partial charge in [0.2, 0.25) is 0 Å². The van der Waals surface area contributed by atoms with E-state index in [1.54, 1.807) is 0 Å². The average Bonchev–Trinajstić information content (AvgIpc) is 3.04. The number of rotatable bonds is 2. The molecule has 0 amide bonds. The molecule has 1 saturated heterocycles. The van der Waals surface area contributed by atoms with Gasteiger partial charge >= 0.3 is 6.18 Å². The zero-order valence-corrected chi connectivity index (χ0v) is 12.9. The summed E-state index contributed by atoms with van der Waals surface area (Å²) in [4.78, 5) is 7.72. The van der Waals surface area contributed by atoms with Crippen LogP contribution in [-0.2, 0) is 15.3 Å². The Morgan fingerprint density at radius 1 is 1.22 bits per heavy atom. The molecular weight excluding hydrogens is 337 g/mol. The molecule has 0 spiro atoms. The summed E-state index contributed by atoms with van der Waals surface area (Å²) in [5.74, 6) is -2.55. The van der Waals surface area contributed by atoms with Crippen molar-refractivity contribution in [2.45, 2.75) is 25.8 Å². The normalized spacial score (nSPS) is 17.7. The van der Waals surface area contributed by atoms with Crippen LogP contribution in [0.5, 0.6) is 0 Å². The molecule has 0 radical (unpaired) electrons. The van der Waals surface area contributed by atoms with Gasteiger partial charge in [0.15, 0.2) is 5.82 Å². The fourth-order valence-corrected chi connectivity index (χ4v) is 2.79. The molecule has 1 aliphatic rings. The molecule has 0 aliphatic carbocycles. The third-order valence-electron chi connectivity index (χ3n) is 3.52. The van der Waals surface area contributed by atoms with Crippen molar-refractivity contribution < 1.29 is 22.6 Å². The van der Waals surface area contributed by atoms with Crippen LogP contribution in [0.2, 0.25) is 5.15 Å². The van der Waals surface area contributed by atoms with Crippen molar-refractivity contribution in [1.29, 1.82) is 0 Å². The minimum Gasteiger partial charge on any atom is -0.336 e. The van der Waals surface area contributed by atoms with Crippen molar-refractivity contribution >= 4 is 11.6 Å².